The number of carbonyl (C=O) groups is 1. The summed E-state index contributed by atoms with van der Waals surface area (Å²) in [5.74, 6) is 2.36. The van der Waals surface area contributed by atoms with Crippen molar-refractivity contribution < 1.29 is 9.53 Å². The second-order valence-electron chi connectivity index (χ2n) is 7.99. The van der Waals surface area contributed by atoms with Crippen LogP contribution in [-0.4, -0.2) is 29.8 Å². The third kappa shape index (κ3) is 3.60. The van der Waals surface area contributed by atoms with E-state index in [1.165, 1.54) is 12.8 Å². The van der Waals surface area contributed by atoms with Gasteiger partial charge in [-0.25, -0.2) is 4.79 Å². The van der Waals surface area contributed by atoms with Crippen molar-refractivity contribution in [2.75, 3.05) is 0 Å². The van der Waals surface area contributed by atoms with Gasteiger partial charge in [-0.2, -0.15) is 0 Å². The third-order valence-electron chi connectivity index (χ3n) is 4.94. The fraction of sp³-hybridized carbons (Fsp3) is 0.824. The highest BCUT2D eigenvalue weighted by Crippen LogP contribution is 2.45. The number of ether oxygens (including phenoxy) is 1. The first kappa shape index (κ1) is 14.9. The molecule has 0 aliphatic heterocycles. The van der Waals surface area contributed by atoms with Crippen LogP contribution in [0.5, 0.6) is 0 Å². The van der Waals surface area contributed by atoms with Crippen LogP contribution in [0, 0.1) is 17.8 Å². The smallest absolute Gasteiger partial charge is 0.407 e. The SMILES string of the molecule is CC(NC1CC1NC(=O)OC(C)(C)C)C1CC2C=CC1C2. The summed E-state index contributed by atoms with van der Waals surface area (Å²) < 4.78 is 5.29. The van der Waals surface area contributed by atoms with Crippen molar-refractivity contribution >= 4 is 6.09 Å². The van der Waals surface area contributed by atoms with Crippen molar-refractivity contribution in [3.63, 3.8) is 0 Å². The predicted molar refractivity (Wildman–Crippen MR) is 83.0 cm³/mol. The molecule has 0 radical (unpaired) electrons. The van der Waals surface area contributed by atoms with Crippen LogP contribution in [0.15, 0.2) is 12.2 Å². The fourth-order valence-electron chi connectivity index (χ4n) is 3.86. The Labute approximate surface area is 127 Å². The van der Waals surface area contributed by atoms with Crippen LogP contribution < -0.4 is 10.6 Å². The van der Waals surface area contributed by atoms with Gasteiger partial charge >= 0.3 is 6.09 Å². The maximum absolute atomic E-state index is 11.7. The van der Waals surface area contributed by atoms with E-state index in [4.69, 9.17) is 4.74 Å². The van der Waals surface area contributed by atoms with Gasteiger partial charge in [0.2, 0.25) is 0 Å². The van der Waals surface area contributed by atoms with Crippen LogP contribution >= 0.6 is 0 Å². The predicted octanol–water partition coefficient (Wildman–Crippen LogP) is 2.84. The summed E-state index contributed by atoms with van der Waals surface area (Å²) in [6.45, 7) is 7.96. The standard InChI is InChI=1S/C17H28N2O2/c1-10(13-8-11-5-6-12(13)7-11)18-14-9-15(14)19-16(20)21-17(2,3)4/h5-6,10-15,18H,7-9H2,1-4H3,(H,19,20). The van der Waals surface area contributed by atoms with E-state index >= 15 is 0 Å². The van der Waals surface area contributed by atoms with Crippen molar-refractivity contribution in [3.8, 4) is 0 Å². The Kier molecular flexibility index (Phi) is 3.76. The number of fused-ring (bicyclic) bond motifs is 2. The average Bonchev–Trinajstić information content (AvgIpc) is 2.80. The lowest BCUT2D eigenvalue weighted by atomic mass is 9.87. The van der Waals surface area contributed by atoms with Gasteiger partial charge in [0.15, 0.2) is 0 Å². The zero-order valence-corrected chi connectivity index (χ0v) is 13.6. The Hall–Kier alpha value is -1.03. The molecule has 0 aromatic carbocycles. The number of nitrogens with one attached hydrogen (secondary N) is 2. The zero-order valence-electron chi connectivity index (χ0n) is 13.6. The molecule has 0 aromatic rings. The number of hydrogen-bond acceptors (Lipinski definition) is 3. The van der Waals surface area contributed by atoms with Crippen LogP contribution in [0.25, 0.3) is 0 Å². The van der Waals surface area contributed by atoms with E-state index in [9.17, 15) is 4.79 Å². The second kappa shape index (κ2) is 5.31. The minimum absolute atomic E-state index is 0.233. The molecule has 118 valence electrons. The minimum atomic E-state index is -0.426. The number of carbonyl (C=O) groups excluding carboxylic acids is 1. The number of alkyl carbamates (subject to hydrolysis) is 1. The van der Waals surface area contributed by atoms with Gasteiger partial charge in [0, 0.05) is 18.1 Å². The normalized spacial score (nSPS) is 38.4. The molecule has 3 aliphatic carbocycles. The van der Waals surface area contributed by atoms with Crippen LogP contribution in [-0.2, 0) is 4.74 Å². The Bertz CT molecular complexity index is 441. The molecule has 1 amide bonds. The number of allylic oxidation sites excluding steroid dienone is 2. The molecule has 4 nitrogen and oxygen atoms in total. The van der Waals surface area contributed by atoms with Gasteiger partial charge in [-0.05, 0) is 64.7 Å². The van der Waals surface area contributed by atoms with Crippen LogP contribution in [0.1, 0.15) is 47.0 Å². The molecule has 0 heterocycles. The average molecular weight is 292 g/mol. The molecule has 2 bridgehead atoms. The summed E-state index contributed by atoms with van der Waals surface area (Å²) in [7, 11) is 0. The van der Waals surface area contributed by atoms with Gasteiger partial charge in [-0.3, -0.25) is 0 Å². The summed E-state index contributed by atoms with van der Waals surface area (Å²) in [5.41, 5.74) is -0.426. The highest BCUT2D eigenvalue weighted by molar-refractivity contribution is 5.68. The maximum Gasteiger partial charge on any atom is 0.407 e. The van der Waals surface area contributed by atoms with E-state index in [1.807, 2.05) is 20.8 Å². The van der Waals surface area contributed by atoms with Crippen molar-refractivity contribution in [1.82, 2.24) is 10.6 Å². The summed E-state index contributed by atoms with van der Waals surface area (Å²) in [6, 6.07) is 1.17. The first-order chi connectivity index (χ1) is 9.82. The van der Waals surface area contributed by atoms with Gasteiger partial charge in [-0.15, -0.1) is 0 Å². The largest absolute Gasteiger partial charge is 0.444 e. The molecule has 6 atom stereocenters. The highest BCUT2D eigenvalue weighted by Gasteiger charge is 2.44. The Morgan fingerprint density at radius 1 is 1.19 bits per heavy atom. The number of hydrogen-bond donors (Lipinski definition) is 2. The molecule has 3 rings (SSSR count). The van der Waals surface area contributed by atoms with Crippen molar-refractivity contribution in [1.29, 1.82) is 0 Å². The quantitative estimate of drug-likeness (QED) is 0.783. The van der Waals surface area contributed by atoms with Crippen molar-refractivity contribution in [2.45, 2.75) is 70.7 Å². The first-order valence-electron chi connectivity index (χ1n) is 8.26. The number of rotatable bonds is 4. The Balaban J connectivity index is 1.40. The second-order valence-corrected chi connectivity index (χ2v) is 7.99. The number of amides is 1. The van der Waals surface area contributed by atoms with Crippen LogP contribution in [0.4, 0.5) is 4.79 Å². The molecule has 0 saturated heterocycles. The molecular weight excluding hydrogens is 264 g/mol. The van der Waals surface area contributed by atoms with E-state index in [0.717, 1.165) is 24.2 Å². The lowest BCUT2D eigenvalue weighted by molar-refractivity contribution is 0.0521. The van der Waals surface area contributed by atoms with Crippen LogP contribution in [0.2, 0.25) is 0 Å². The molecule has 0 spiro atoms. The summed E-state index contributed by atoms with van der Waals surface area (Å²) in [4.78, 5) is 11.7. The summed E-state index contributed by atoms with van der Waals surface area (Å²) in [6.07, 6.45) is 8.18. The molecule has 6 unspecified atom stereocenters. The highest BCUT2D eigenvalue weighted by atomic mass is 16.6. The lowest BCUT2D eigenvalue weighted by Crippen LogP contribution is -2.41. The molecule has 21 heavy (non-hydrogen) atoms. The first-order valence-corrected chi connectivity index (χ1v) is 8.26. The molecule has 2 N–H and O–H groups in total. The molecule has 4 heteroatoms. The van der Waals surface area contributed by atoms with Crippen molar-refractivity contribution in [3.05, 3.63) is 12.2 Å². The van der Waals surface area contributed by atoms with E-state index in [2.05, 4.69) is 29.7 Å². The van der Waals surface area contributed by atoms with E-state index in [0.29, 0.717) is 12.1 Å². The van der Waals surface area contributed by atoms with E-state index in [-0.39, 0.29) is 12.1 Å². The van der Waals surface area contributed by atoms with Gasteiger partial charge in [-0.1, -0.05) is 12.2 Å². The van der Waals surface area contributed by atoms with Crippen molar-refractivity contribution in [2.24, 2.45) is 17.8 Å². The van der Waals surface area contributed by atoms with Crippen LogP contribution in [0.3, 0.4) is 0 Å². The van der Waals surface area contributed by atoms with Gasteiger partial charge in [0.1, 0.15) is 5.60 Å². The minimum Gasteiger partial charge on any atom is -0.444 e. The third-order valence-corrected chi connectivity index (χ3v) is 4.94. The topological polar surface area (TPSA) is 50.4 Å². The van der Waals surface area contributed by atoms with Gasteiger partial charge in [0.25, 0.3) is 0 Å². The van der Waals surface area contributed by atoms with E-state index < -0.39 is 5.60 Å². The molecule has 2 fully saturated rings. The Morgan fingerprint density at radius 2 is 1.95 bits per heavy atom. The molecule has 3 aliphatic rings. The lowest BCUT2D eigenvalue weighted by Gasteiger charge is -2.26. The Morgan fingerprint density at radius 3 is 2.52 bits per heavy atom. The maximum atomic E-state index is 11.7. The molecule has 2 saturated carbocycles. The monoisotopic (exact) mass is 292 g/mol. The van der Waals surface area contributed by atoms with Gasteiger partial charge < -0.3 is 15.4 Å². The molecular formula is C17H28N2O2. The summed E-state index contributed by atoms with van der Waals surface area (Å²) >= 11 is 0. The summed E-state index contributed by atoms with van der Waals surface area (Å²) in [5, 5.41) is 6.65. The zero-order chi connectivity index (χ0) is 15.2. The van der Waals surface area contributed by atoms with Gasteiger partial charge in [0.05, 0.1) is 0 Å². The molecule has 0 aromatic heterocycles. The fourth-order valence-corrected chi connectivity index (χ4v) is 3.86. The van der Waals surface area contributed by atoms with E-state index in [1.54, 1.807) is 0 Å².